The largest absolute Gasteiger partial charge is 0.339 e. The molecule has 27 heavy (non-hydrogen) atoms. The first-order chi connectivity index (χ1) is 13.0. The minimum Gasteiger partial charge on any atom is -0.339 e. The summed E-state index contributed by atoms with van der Waals surface area (Å²) in [5.74, 6) is 2.13. The Morgan fingerprint density at radius 1 is 1.22 bits per heavy atom. The van der Waals surface area contributed by atoms with Gasteiger partial charge in [0.2, 0.25) is 15.9 Å². The van der Waals surface area contributed by atoms with Crippen LogP contribution in [0.2, 0.25) is 0 Å². The van der Waals surface area contributed by atoms with E-state index in [1.165, 1.54) is 5.41 Å². The third kappa shape index (κ3) is 4.65. The molecule has 1 aliphatic heterocycles. The van der Waals surface area contributed by atoms with Crippen molar-refractivity contribution in [3.8, 4) is 0 Å². The van der Waals surface area contributed by atoms with E-state index < -0.39 is 10.0 Å². The highest BCUT2D eigenvalue weighted by atomic mass is 32.2. The highest BCUT2D eigenvalue weighted by Gasteiger charge is 2.31. The average molecular weight is 388 g/mol. The molecule has 0 unspecified atom stereocenters. The van der Waals surface area contributed by atoms with Crippen LogP contribution in [0, 0.1) is 12.8 Å². The van der Waals surface area contributed by atoms with Crippen LogP contribution in [-0.4, -0.2) is 36.0 Å². The first-order valence-electron chi connectivity index (χ1n) is 9.57. The lowest BCUT2D eigenvalue weighted by atomic mass is 9.96. The molecule has 0 N–H and O–H groups in total. The monoisotopic (exact) mass is 387 g/mol. The van der Waals surface area contributed by atoms with Gasteiger partial charge in [-0.25, -0.2) is 8.42 Å². The molecule has 1 atom stereocenters. The smallest absolute Gasteiger partial charge is 0.236 e. The summed E-state index contributed by atoms with van der Waals surface area (Å²) in [5.41, 5.74) is 2.04. The van der Waals surface area contributed by atoms with Crippen molar-refractivity contribution in [1.29, 1.82) is 0 Å². The Balaban J connectivity index is 1.39. The molecule has 2 fully saturated rings. The zero-order chi connectivity index (χ0) is 18.9. The fourth-order valence-corrected chi connectivity index (χ4v) is 4.76. The molecule has 2 aliphatic rings. The van der Waals surface area contributed by atoms with Crippen molar-refractivity contribution in [3.05, 3.63) is 52.5 Å². The number of benzene rings is 1. The number of aryl methyl sites for hydroxylation is 1. The van der Waals surface area contributed by atoms with Gasteiger partial charge in [0, 0.05) is 30.8 Å². The predicted octanol–water partition coefficient (Wildman–Crippen LogP) is 3.51. The maximum absolute atomic E-state index is 12.7. The van der Waals surface area contributed by atoms with Crippen LogP contribution in [0.4, 0.5) is 0 Å². The second kappa shape index (κ2) is 7.56. The maximum Gasteiger partial charge on any atom is 0.236 e. The standard InChI is InChI=1S/C20H25N3O3S/c1-15-4-6-16(7-5-15)10-12-27(24,25)23-11-2-3-17(14-23)13-19-21-20(22-26-19)18-8-9-18/h4-7,10,12,17-18H,2-3,8-9,11,13-14H2,1H3/b12-10+/t17-/m1/s1. The molecule has 0 bridgehead atoms. The SMILES string of the molecule is Cc1ccc(/C=C/S(=O)(=O)N2CCC[C@H](Cc3nc(C4CC4)no3)C2)cc1. The number of piperidine rings is 1. The van der Waals surface area contributed by atoms with Gasteiger partial charge in [-0.15, -0.1) is 0 Å². The van der Waals surface area contributed by atoms with Crippen molar-refractivity contribution < 1.29 is 12.9 Å². The zero-order valence-electron chi connectivity index (χ0n) is 15.5. The lowest BCUT2D eigenvalue weighted by Gasteiger charge is -2.30. The number of nitrogens with zero attached hydrogens (tertiary/aromatic N) is 3. The Hall–Kier alpha value is -1.99. The number of rotatable bonds is 6. The summed E-state index contributed by atoms with van der Waals surface area (Å²) in [4.78, 5) is 4.48. The molecule has 0 radical (unpaired) electrons. The average Bonchev–Trinajstić information content (AvgIpc) is 3.41. The van der Waals surface area contributed by atoms with Crippen molar-refractivity contribution in [3.63, 3.8) is 0 Å². The van der Waals surface area contributed by atoms with Crippen LogP contribution in [0.3, 0.4) is 0 Å². The van der Waals surface area contributed by atoms with Crippen molar-refractivity contribution in [1.82, 2.24) is 14.4 Å². The van der Waals surface area contributed by atoms with Gasteiger partial charge in [-0.3, -0.25) is 0 Å². The topological polar surface area (TPSA) is 76.3 Å². The summed E-state index contributed by atoms with van der Waals surface area (Å²) in [7, 11) is -3.43. The number of aromatic nitrogens is 2. The van der Waals surface area contributed by atoms with Crippen LogP contribution < -0.4 is 0 Å². The summed E-state index contributed by atoms with van der Waals surface area (Å²) in [6.07, 6.45) is 6.43. The Kier molecular flexibility index (Phi) is 5.14. The molecule has 2 aromatic rings. The molecule has 7 heteroatoms. The highest BCUT2D eigenvalue weighted by Crippen LogP contribution is 2.38. The van der Waals surface area contributed by atoms with E-state index >= 15 is 0 Å². The molecule has 144 valence electrons. The van der Waals surface area contributed by atoms with Crippen LogP contribution in [0.25, 0.3) is 6.08 Å². The number of hydrogen-bond donors (Lipinski definition) is 0. The summed E-state index contributed by atoms with van der Waals surface area (Å²) in [5, 5.41) is 5.37. The molecule has 1 aliphatic carbocycles. The first kappa shape index (κ1) is 18.4. The minimum atomic E-state index is -3.43. The Morgan fingerprint density at radius 3 is 2.74 bits per heavy atom. The number of sulfonamides is 1. The van der Waals surface area contributed by atoms with E-state index in [0.29, 0.717) is 31.3 Å². The lowest BCUT2D eigenvalue weighted by Crippen LogP contribution is -2.39. The van der Waals surface area contributed by atoms with Gasteiger partial charge >= 0.3 is 0 Å². The van der Waals surface area contributed by atoms with E-state index in [0.717, 1.165) is 42.6 Å². The molecular formula is C20H25N3O3S. The van der Waals surface area contributed by atoms with Crippen LogP contribution in [0.5, 0.6) is 0 Å². The summed E-state index contributed by atoms with van der Waals surface area (Å²) in [6.45, 7) is 3.07. The molecule has 0 spiro atoms. The Labute approximate surface area is 160 Å². The van der Waals surface area contributed by atoms with Crippen LogP contribution in [0.1, 0.15) is 54.4 Å². The molecule has 1 aromatic heterocycles. The van der Waals surface area contributed by atoms with Gasteiger partial charge < -0.3 is 4.52 Å². The predicted molar refractivity (Wildman–Crippen MR) is 103 cm³/mol. The molecule has 1 aromatic carbocycles. The van der Waals surface area contributed by atoms with E-state index in [1.54, 1.807) is 10.4 Å². The van der Waals surface area contributed by atoms with Gasteiger partial charge in [-0.2, -0.15) is 9.29 Å². The minimum absolute atomic E-state index is 0.216. The summed E-state index contributed by atoms with van der Waals surface area (Å²) >= 11 is 0. The molecule has 6 nitrogen and oxygen atoms in total. The molecule has 1 saturated carbocycles. The second-order valence-corrected chi connectivity index (χ2v) is 9.47. The summed E-state index contributed by atoms with van der Waals surface area (Å²) < 4.78 is 32.4. The van der Waals surface area contributed by atoms with E-state index in [-0.39, 0.29) is 5.92 Å². The van der Waals surface area contributed by atoms with Gasteiger partial charge in [0.1, 0.15) is 0 Å². The van der Waals surface area contributed by atoms with Crippen LogP contribution in [-0.2, 0) is 16.4 Å². The molecule has 4 rings (SSSR count). The van der Waals surface area contributed by atoms with Gasteiger partial charge in [-0.1, -0.05) is 35.0 Å². The van der Waals surface area contributed by atoms with Crippen molar-refractivity contribution >= 4 is 16.1 Å². The second-order valence-electron chi connectivity index (χ2n) is 7.65. The normalized spacial score (nSPS) is 21.7. The van der Waals surface area contributed by atoms with Crippen molar-refractivity contribution in [2.45, 2.75) is 44.9 Å². The Bertz CT molecular complexity index is 914. The van der Waals surface area contributed by atoms with Crippen LogP contribution >= 0.6 is 0 Å². The van der Waals surface area contributed by atoms with Gasteiger partial charge in [0.05, 0.1) is 0 Å². The van der Waals surface area contributed by atoms with Gasteiger partial charge in [0.25, 0.3) is 0 Å². The van der Waals surface area contributed by atoms with E-state index in [9.17, 15) is 8.42 Å². The van der Waals surface area contributed by atoms with Gasteiger partial charge in [0.15, 0.2) is 5.82 Å². The fourth-order valence-electron chi connectivity index (χ4n) is 3.46. The molecule has 1 saturated heterocycles. The lowest BCUT2D eigenvalue weighted by molar-refractivity contribution is 0.248. The highest BCUT2D eigenvalue weighted by molar-refractivity contribution is 7.92. The van der Waals surface area contributed by atoms with Crippen LogP contribution in [0.15, 0.2) is 34.2 Å². The van der Waals surface area contributed by atoms with Gasteiger partial charge in [-0.05, 0) is 50.2 Å². The quantitative estimate of drug-likeness (QED) is 0.758. The summed E-state index contributed by atoms with van der Waals surface area (Å²) in [6, 6.07) is 7.80. The van der Waals surface area contributed by atoms with E-state index in [4.69, 9.17) is 4.52 Å². The van der Waals surface area contributed by atoms with E-state index in [2.05, 4.69) is 10.1 Å². The number of hydrogen-bond acceptors (Lipinski definition) is 5. The molecular weight excluding hydrogens is 362 g/mol. The molecule has 0 amide bonds. The molecule has 2 heterocycles. The fraction of sp³-hybridized carbons (Fsp3) is 0.500. The zero-order valence-corrected chi connectivity index (χ0v) is 16.4. The third-order valence-corrected chi connectivity index (χ3v) is 6.77. The Morgan fingerprint density at radius 2 is 2.00 bits per heavy atom. The van der Waals surface area contributed by atoms with E-state index in [1.807, 2.05) is 31.2 Å². The maximum atomic E-state index is 12.7. The van der Waals surface area contributed by atoms with Crippen molar-refractivity contribution in [2.75, 3.05) is 13.1 Å². The first-order valence-corrected chi connectivity index (χ1v) is 11.1. The third-order valence-electron chi connectivity index (χ3n) is 5.24. The van der Waals surface area contributed by atoms with Crippen molar-refractivity contribution in [2.24, 2.45) is 5.92 Å².